The van der Waals surface area contributed by atoms with Crippen molar-refractivity contribution in [1.82, 2.24) is 4.90 Å². The van der Waals surface area contributed by atoms with E-state index in [1.807, 2.05) is 4.90 Å². The number of rotatable bonds is 7. The molecular formula is C22H27N3O4. The standard InChI is InChI=1S/C22H27N3O4/c1-28-20-7-4-5-17(13-20)24-21(26)15-29-19-10-8-16(9-11-19)22(27)25-12-3-2-6-18(25)14-23/h4-5,7-11,13,18H,2-3,6,12,14-15,23H2,1H3,(H,24,26). The molecule has 3 N–H and O–H groups in total. The van der Waals surface area contributed by atoms with Gasteiger partial charge in [-0.1, -0.05) is 6.07 Å². The first-order valence-corrected chi connectivity index (χ1v) is 9.78. The van der Waals surface area contributed by atoms with Gasteiger partial charge >= 0.3 is 0 Å². The van der Waals surface area contributed by atoms with Gasteiger partial charge < -0.3 is 25.4 Å². The van der Waals surface area contributed by atoms with E-state index in [1.165, 1.54) is 0 Å². The molecule has 0 saturated carbocycles. The van der Waals surface area contributed by atoms with Crippen LogP contribution in [0.15, 0.2) is 48.5 Å². The minimum absolute atomic E-state index is 0.0116. The minimum atomic E-state index is -0.280. The molecule has 1 aliphatic rings. The van der Waals surface area contributed by atoms with Gasteiger partial charge in [-0.2, -0.15) is 0 Å². The van der Waals surface area contributed by atoms with Crippen LogP contribution < -0.4 is 20.5 Å². The van der Waals surface area contributed by atoms with E-state index in [1.54, 1.807) is 55.6 Å². The zero-order chi connectivity index (χ0) is 20.6. The lowest BCUT2D eigenvalue weighted by Gasteiger charge is -2.35. The van der Waals surface area contributed by atoms with Crippen LogP contribution in [-0.2, 0) is 4.79 Å². The van der Waals surface area contributed by atoms with Crippen LogP contribution in [0.5, 0.6) is 11.5 Å². The molecule has 154 valence electrons. The predicted molar refractivity (Wildman–Crippen MR) is 111 cm³/mol. The molecule has 2 aromatic carbocycles. The lowest BCUT2D eigenvalue weighted by molar-refractivity contribution is -0.118. The van der Waals surface area contributed by atoms with Crippen molar-refractivity contribution >= 4 is 17.5 Å². The molecule has 7 heteroatoms. The first-order chi connectivity index (χ1) is 14.1. The Labute approximate surface area is 170 Å². The molecule has 2 amide bonds. The number of piperidine rings is 1. The summed E-state index contributed by atoms with van der Waals surface area (Å²) in [6.45, 7) is 1.09. The number of nitrogens with two attached hydrogens (primary N) is 1. The number of amides is 2. The zero-order valence-electron chi connectivity index (χ0n) is 16.6. The van der Waals surface area contributed by atoms with Gasteiger partial charge in [0.05, 0.1) is 7.11 Å². The molecule has 2 aromatic rings. The van der Waals surface area contributed by atoms with Gasteiger partial charge in [-0.15, -0.1) is 0 Å². The number of likely N-dealkylation sites (tertiary alicyclic amines) is 1. The van der Waals surface area contributed by atoms with Crippen molar-refractivity contribution < 1.29 is 19.1 Å². The second kappa shape index (κ2) is 9.93. The molecule has 0 spiro atoms. The maximum Gasteiger partial charge on any atom is 0.262 e. The largest absolute Gasteiger partial charge is 0.497 e. The van der Waals surface area contributed by atoms with Crippen molar-refractivity contribution in [3.05, 3.63) is 54.1 Å². The van der Waals surface area contributed by atoms with E-state index in [2.05, 4.69) is 5.32 Å². The van der Waals surface area contributed by atoms with Crippen LogP contribution >= 0.6 is 0 Å². The highest BCUT2D eigenvalue weighted by atomic mass is 16.5. The Kier molecular flexibility index (Phi) is 7.08. The summed E-state index contributed by atoms with van der Waals surface area (Å²) in [5, 5.41) is 2.75. The summed E-state index contributed by atoms with van der Waals surface area (Å²) in [5.41, 5.74) is 7.04. The highest BCUT2D eigenvalue weighted by Crippen LogP contribution is 2.21. The Balaban J connectivity index is 1.53. The molecule has 1 aliphatic heterocycles. The van der Waals surface area contributed by atoms with E-state index in [4.69, 9.17) is 15.2 Å². The Hall–Kier alpha value is -3.06. The van der Waals surface area contributed by atoms with Crippen molar-refractivity contribution in [2.75, 3.05) is 32.1 Å². The molecule has 1 unspecified atom stereocenters. The molecule has 29 heavy (non-hydrogen) atoms. The third-order valence-corrected chi connectivity index (χ3v) is 4.98. The molecule has 1 fully saturated rings. The molecule has 7 nitrogen and oxygen atoms in total. The summed E-state index contributed by atoms with van der Waals surface area (Å²) in [6, 6.07) is 14.0. The number of benzene rings is 2. The number of ether oxygens (including phenoxy) is 2. The summed E-state index contributed by atoms with van der Waals surface area (Å²) in [6.07, 6.45) is 3.06. The van der Waals surface area contributed by atoms with Crippen LogP contribution in [0.1, 0.15) is 29.6 Å². The van der Waals surface area contributed by atoms with Crippen LogP contribution in [0.25, 0.3) is 0 Å². The van der Waals surface area contributed by atoms with Gasteiger partial charge in [-0.3, -0.25) is 9.59 Å². The third kappa shape index (κ3) is 5.48. The van der Waals surface area contributed by atoms with Crippen LogP contribution in [0.2, 0.25) is 0 Å². The quantitative estimate of drug-likeness (QED) is 0.749. The zero-order valence-corrected chi connectivity index (χ0v) is 16.6. The van der Waals surface area contributed by atoms with E-state index in [0.717, 1.165) is 25.8 Å². The van der Waals surface area contributed by atoms with Gasteiger partial charge in [0.15, 0.2) is 6.61 Å². The van der Waals surface area contributed by atoms with Crippen molar-refractivity contribution in [2.24, 2.45) is 5.73 Å². The fraction of sp³-hybridized carbons (Fsp3) is 0.364. The molecule has 3 rings (SSSR count). The highest BCUT2D eigenvalue weighted by molar-refractivity contribution is 5.94. The monoisotopic (exact) mass is 397 g/mol. The van der Waals surface area contributed by atoms with E-state index in [-0.39, 0.29) is 24.5 Å². The van der Waals surface area contributed by atoms with Crippen molar-refractivity contribution in [3.8, 4) is 11.5 Å². The molecule has 0 aliphatic carbocycles. The van der Waals surface area contributed by atoms with Gasteiger partial charge in [0, 0.05) is 36.4 Å². The van der Waals surface area contributed by atoms with Gasteiger partial charge in [0.1, 0.15) is 11.5 Å². The lowest BCUT2D eigenvalue weighted by atomic mass is 10.0. The summed E-state index contributed by atoms with van der Waals surface area (Å²) in [5.74, 6) is 0.894. The lowest BCUT2D eigenvalue weighted by Crippen LogP contribution is -2.47. The van der Waals surface area contributed by atoms with Crippen molar-refractivity contribution in [2.45, 2.75) is 25.3 Å². The minimum Gasteiger partial charge on any atom is -0.497 e. The Morgan fingerprint density at radius 3 is 2.66 bits per heavy atom. The third-order valence-electron chi connectivity index (χ3n) is 4.98. The number of hydrogen-bond acceptors (Lipinski definition) is 5. The van der Waals surface area contributed by atoms with E-state index in [9.17, 15) is 9.59 Å². The molecule has 1 heterocycles. The topological polar surface area (TPSA) is 93.9 Å². The first kappa shape index (κ1) is 20.7. The van der Waals surface area contributed by atoms with Gasteiger partial charge in [-0.25, -0.2) is 0 Å². The number of nitrogens with one attached hydrogen (secondary N) is 1. The summed E-state index contributed by atoms with van der Waals surface area (Å²) in [7, 11) is 1.57. The fourth-order valence-electron chi connectivity index (χ4n) is 3.42. The van der Waals surface area contributed by atoms with Gasteiger partial charge in [-0.05, 0) is 55.7 Å². The Morgan fingerprint density at radius 2 is 1.93 bits per heavy atom. The van der Waals surface area contributed by atoms with Gasteiger partial charge in [0.2, 0.25) is 0 Å². The number of nitrogens with zero attached hydrogens (tertiary/aromatic N) is 1. The average molecular weight is 397 g/mol. The van der Waals surface area contributed by atoms with Gasteiger partial charge in [0.25, 0.3) is 11.8 Å². The molecule has 0 bridgehead atoms. The van der Waals surface area contributed by atoms with Crippen LogP contribution in [0, 0.1) is 0 Å². The van der Waals surface area contributed by atoms with E-state index >= 15 is 0 Å². The van der Waals surface area contributed by atoms with E-state index < -0.39 is 0 Å². The second-order valence-electron chi connectivity index (χ2n) is 6.98. The Morgan fingerprint density at radius 1 is 1.14 bits per heavy atom. The number of carbonyl (C=O) groups excluding carboxylic acids is 2. The SMILES string of the molecule is COc1cccc(NC(=O)COc2ccc(C(=O)N3CCCCC3CN)cc2)c1. The summed E-state index contributed by atoms with van der Waals surface area (Å²) in [4.78, 5) is 26.7. The number of hydrogen-bond donors (Lipinski definition) is 2. The smallest absolute Gasteiger partial charge is 0.262 e. The molecule has 0 aromatic heterocycles. The predicted octanol–water partition coefficient (Wildman–Crippen LogP) is 2.67. The maximum atomic E-state index is 12.8. The van der Waals surface area contributed by atoms with Crippen LogP contribution in [0.4, 0.5) is 5.69 Å². The average Bonchev–Trinajstić information content (AvgIpc) is 2.77. The van der Waals surface area contributed by atoms with Crippen molar-refractivity contribution in [3.63, 3.8) is 0 Å². The Bertz CT molecular complexity index is 838. The van der Waals surface area contributed by atoms with E-state index in [0.29, 0.717) is 29.3 Å². The molecular weight excluding hydrogens is 370 g/mol. The molecule has 0 radical (unpaired) electrons. The second-order valence-corrected chi connectivity index (χ2v) is 6.98. The van der Waals surface area contributed by atoms with Crippen molar-refractivity contribution in [1.29, 1.82) is 0 Å². The van der Waals surface area contributed by atoms with Crippen LogP contribution in [0.3, 0.4) is 0 Å². The first-order valence-electron chi connectivity index (χ1n) is 9.78. The number of methoxy groups -OCH3 is 1. The fourth-order valence-corrected chi connectivity index (χ4v) is 3.42. The molecule has 1 atom stereocenters. The van der Waals surface area contributed by atoms with Crippen LogP contribution in [-0.4, -0.2) is 49.6 Å². The summed E-state index contributed by atoms with van der Waals surface area (Å²) >= 11 is 0. The maximum absolute atomic E-state index is 12.8. The number of anilines is 1. The molecule has 1 saturated heterocycles. The normalized spacial score (nSPS) is 16.2. The number of carbonyl (C=O) groups is 2. The summed E-state index contributed by atoms with van der Waals surface area (Å²) < 4.78 is 10.7. The highest BCUT2D eigenvalue weighted by Gasteiger charge is 2.26.